The number of halogens is 4. The molecule has 0 bridgehead atoms. The van der Waals surface area contributed by atoms with E-state index in [0.29, 0.717) is 35.4 Å². The number of carbonyl (C=O) groups is 3. The largest absolute Gasteiger partial charge is 0.478 e. The van der Waals surface area contributed by atoms with Gasteiger partial charge in [0, 0.05) is 65.9 Å². The van der Waals surface area contributed by atoms with Crippen LogP contribution in [0.3, 0.4) is 0 Å². The smallest absolute Gasteiger partial charge is 0.416 e. The van der Waals surface area contributed by atoms with Crippen molar-refractivity contribution >= 4 is 45.0 Å². The molecule has 0 unspecified atom stereocenters. The molecular weight excluding hydrogens is 638 g/mol. The molecule has 47 heavy (non-hydrogen) atoms. The van der Waals surface area contributed by atoms with Gasteiger partial charge >= 0.3 is 18.1 Å². The van der Waals surface area contributed by atoms with Crippen molar-refractivity contribution < 1.29 is 42.2 Å². The third kappa shape index (κ3) is 10.1. The van der Waals surface area contributed by atoms with Crippen LogP contribution in [-0.4, -0.2) is 72.2 Å². The first-order chi connectivity index (χ1) is 22.4. The summed E-state index contributed by atoms with van der Waals surface area (Å²) in [5.41, 5.74) is 2.07. The van der Waals surface area contributed by atoms with Crippen molar-refractivity contribution in [2.24, 2.45) is 0 Å². The Hall–Kier alpha value is -4.75. The van der Waals surface area contributed by atoms with Crippen LogP contribution in [0.5, 0.6) is 0 Å². The van der Waals surface area contributed by atoms with Gasteiger partial charge < -0.3 is 20.4 Å². The fourth-order valence-electron chi connectivity index (χ4n) is 5.12. The molecule has 3 aromatic carbocycles. The molecule has 2 heterocycles. The van der Waals surface area contributed by atoms with Gasteiger partial charge in [-0.3, -0.25) is 9.69 Å². The van der Waals surface area contributed by atoms with Crippen LogP contribution >= 0.6 is 11.3 Å². The summed E-state index contributed by atoms with van der Waals surface area (Å²) in [4.78, 5) is 36.8. The number of benzene rings is 3. The van der Waals surface area contributed by atoms with Crippen molar-refractivity contribution in [2.75, 3.05) is 44.2 Å². The molecule has 0 radical (unpaired) electrons. The topological polar surface area (TPSA) is 110 Å². The molecule has 3 N–H and O–H groups in total. The first-order valence-corrected chi connectivity index (χ1v) is 15.6. The molecule has 13 heteroatoms. The van der Waals surface area contributed by atoms with Crippen LogP contribution in [0.4, 0.5) is 23.2 Å². The molecule has 1 amide bonds. The minimum atomic E-state index is -4.40. The van der Waals surface area contributed by atoms with Crippen molar-refractivity contribution in [2.45, 2.75) is 19.0 Å². The molecule has 0 atom stereocenters. The lowest BCUT2D eigenvalue weighted by Gasteiger charge is -2.35. The number of alkyl halides is 3. The van der Waals surface area contributed by atoms with Crippen molar-refractivity contribution in [3.8, 4) is 11.1 Å². The summed E-state index contributed by atoms with van der Waals surface area (Å²) in [5.74, 6) is -2.96. The average molecular weight is 672 g/mol. The number of anilines is 1. The van der Waals surface area contributed by atoms with Crippen LogP contribution in [0.15, 0.2) is 84.3 Å². The standard InChI is InChI=1S/C30H29F4N3OS.C4H4O4/c31-23-11-12-26-27(20-39-28(26)19-23)37-17-15-36(16-18-37)14-4-3-13-35-29(38)25-6-2-1-5-24(25)21-7-9-22(10-8-21)30(32,33)34;5-3(6)1-2-4(7)8/h1-2,5-12,19-20H,3-4,13-18H2,(H,35,38);1-2H,(H,5,6)(H,7,8)/b;2-1-. The average Bonchev–Trinajstić information content (AvgIpc) is 3.47. The number of nitrogens with zero attached hydrogens (tertiary/aromatic N) is 2. The van der Waals surface area contributed by atoms with Gasteiger partial charge in [0.25, 0.3) is 5.91 Å². The van der Waals surface area contributed by atoms with Gasteiger partial charge in [-0.15, -0.1) is 11.3 Å². The molecule has 1 aliphatic heterocycles. The van der Waals surface area contributed by atoms with Crippen LogP contribution in [0.1, 0.15) is 28.8 Å². The highest BCUT2D eigenvalue weighted by atomic mass is 32.1. The quantitative estimate of drug-likeness (QED) is 0.0970. The van der Waals surface area contributed by atoms with Gasteiger partial charge in [-0.2, -0.15) is 13.2 Å². The first kappa shape index (κ1) is 35.1. The van der Waals surface area contributed by atoms with Crippen LogP contribution < -0.4 is 10.2 Å². The number of hydrogen-bond donors (Lipinski definition) is 3. The second-order valence-electron chi connectivity index (χ2n) is 10.7. The normalized spacial score (nSPS) is 13.7. The number of amides is 1. The highest BCUT2D eigenvalue weighted by Crippen LogP contribution is 2.34. The zero-order valence-electron chi connectivity index (χ0n) is 25.2. The van der Waals surface area contributed by atoms with Crippen LogP contribution in [0.25, 0.3) is 21.2 Å². The highest BCUT2D eigenvalue weighted by molar-refractivity contribution is 7.17. The first-order valence-electron chi connectivity index (χ1n) is 14.7. The van der Waals surface area contributed by atoms with Crippen LogP contribution in [-0.2, 0) is 15.8 Å². The monoisotopic (exact) mass is 671 g/mol. The highest BCUT2D eigenvalue weighted by Gasteiger charge is 2.30. The van der Waals surface area contributed by atoms with E-state index >= 15 is 0 Å². The van der Waals surface area contributed by atoms with Crippen molar-refractivity contribution in [1.29, 1.82) is 0 Å². The zero-order chi connectivity index (χ0) is 34.0. The molecule has 5 rings (SSSR count). The number of thiophene rings is 1. The number of hydrogen-bond acceptors (Lipinski definition) is 6. The van der Waals surface area contributed by atoms with Gasteiger partial charge in [0.1, 0.15) is 5.82 Å². The number of rotatable bonds is 10. The van der Waals surface area contributed by atoms with E-state index in [1.807, 2.05) is 6.07 Å². The van der Waals surface area contributed by atoms with E-state index in [1.165, 1.54) is 23.9 Å². The van der Waals surface area contributed by atoms with Gasteiger partial charge in [-0.1, -0.05) is 30.3 Å². The lowest BCUT2D eigenvalue weighted by Crippen LogP contribution is -2.46. The number of aliphatic carboxylic acids is 2. The van der Waals surface area contributed by atoms with E-state index in [0.717, 1.165) is 67.8 Å². The predicted octanol–water partition coefficient (Wildman–Crippen LogP) is 6.77. The van der Waals surface area contributed by atoms with E-state index in [9.17, 15) is 31.9 Å². The van der Waals surface area contributed by atoms with Crippen molar-refractivity contribution in [1.82, 2.24) is 10.2 Å². The summed E-state index contributed by atoms with van der Waals surface area (Å²) in [7, 11) is 0. The Labute approximate surface area is 272 Å². The van der Waals surface area contributed by atoms with E-state index in [1.54, 1.807) is 41.7 Å². The Morgan fingerprint density at radius 1 is 0.872 bits per heavy atom. The van der Waals surface area contributed by atoms with E-state index in [2.05, 4.69) is 20.5 Å². The molecular formula is C34H33F4N3O5S. The summed E-state index contributed by atoms with van der Waals surface area (Å²) in [6.45, 7) is 5.21. The second-order valence-corrected chi connectivity index (χ2v) is 11.6. The Kier molecular flexibility index (Phi) is 12.1. The number of unbranched alkanes of at least 4 members (excludes halogenated alkanes) is 1. The molecule has 0 spiro atoms. The third-order valence-corrected chi connectivity index (χ3v) is 8.41. The van der Waals surface area contributed by atoms with E-state index in [4.69, 9.17) is 10.2 Å². The molecule has 0 saturated carbocycles. The van der Waals surface area contributed by atoms with Crippen molar-refractivity contribution in [3.63, 3.8) is 0 Å². The Balaban J connectivity index is 0.000000555. The van der Waals surface area contributed by atoms with E-state index in [-0.39, 0.29) is 11.7 Å². The summed E-state index contributed by atoms with van der Waals surface area (Å²) in [6.07, 6.45) is -1.51. The molecule has 1 aromatic heterocycles. The van der Waals surface area contributed by atoms with Crippen molar-refractivity contribution in [3.05, 3.63) is 101 Å². The SMILES string of the molecule is O=C(NCCCCN1CCN(c2csc3cc(F)ccc23)CC1)c1ccccc1-c1ccc(C(F)(F)F)cc1.O=C(O)/C=C\C(=O)O. The number of fused-ring (bicyclic) bond motifs is 1. The molecule has 1 saturated heterocycles. The van der Waals surface area contributed by atoms with Gasteiger partial charge in [-0.05, 0) is 66.9 Å². The second kappa shape index (κ2) is 16.2. The van der Waals surface area contributed by atoms with Crippen LogP contribution in [0.2, 0.25) is 0 Å². The summed E-state index contributed by atoms with van der Waals surface area (Å²) in [6, 6.07) is 16.8. The van der Waals surface area contributed by atoms with Gasteiger partial charge in [0.15, 0.2) is 0 Å². The van der Waals surface area contributed by atoms with Gasteiger partial charge in [-0.25, -0.2) is 14.0 Å². The minimum Gasteiger partial charge on any atom is -0.478 e. The Morgan fingerprint density at radius 3 is 2.17 bits per heavy atom. The van der Waals surface area contributed by atoms with Gasteiger partial charge in [0.2, 0.25) is 0 Å². The summed E-state index contributed by atoms with van der Waals surface area (Å²) < 4.78 is 53.2. The molecule has 248 valence electrons. The number of nitrogens with one attached hydrogen (secondary N) is 1. The number of carbonyl (C=O) groups excluding carboxylic acids is 1. The third-order valence-electron chi connectivity index (χ3n) is 7.48. The number of carboxylic acid groups (broad SMARTS) is 2. The van der Waals surface area contributed by atoms with E-state index < -0.39 is 23.7 Å². The minimum absolute atomic E-state index is 0.208. The molecule has 1 aliphatic rings. The fraction of sp³-hybridized carbons (Fsp3) is 0.265. The molecule has 8 nitrogen and oxygen atoms in total. The lowest BCUT2D eigenvalue weighted by molar-refractivity contribution is -0.137. The van der Waals surface area contributed by atoms with Gasteiger partial charge in [0.05, 0.1) is 11.3 Å². The fourth-order valence-corrected chi connectivity index (χ4v) is 6.11. The Bertz CT molecular complexity index is 1700. The molecule has 4 aromatic rings. The Morgan fingerprint density at radius 2 is 1.53 bits per heavy atom. The lowest BCUT2D eigenvalue weighted by atomic mass is 9.98. The predicted molar refractivity (Wildman–Crippen MR) is 173 cm³/mol. The number of piperazine rings is 1. The van der Waals surface area contributed by atoms with Crippen LogP contribution in [0, 0.1) is 5.82 Å². The molecule has 1 fully saturated rings. The zero-order valence-corrected chi connectivity index (χ0v) is 26.0. The maximum absolute atomic E-state index is 13.5. The molecule has 0 aliphatic carbocycles. The maximum Gasteiger partial charge on any atom is 0.416 e. The maximum atomic E-state index is 13.5. The summed E-state index contributed by atoms with van der Waals surface area (Å²) in [5, 5.41) is 21.8. The number of carboxylic acids is 2. The summed E-state index contributed by atoms with van der Waals surface area (Å²) >= 11 is 1.57.